The predicted molar refractivity (Wildman–Crippen MR) is 222 cm³/mol. The first-order valence-corrected chi connectivity index (χ1v) is 19.1. The molecule has 0 fully saturated rings. The molecule has 0 aliphatic carbocycles. The number of carbonyl (C=O) groups is 5. The zero-order chi connectivity index (χ0) is 43.6. The van der Waals surface area contributed by atoms with Gasteiger partial charge in [-0.1, -0.05) is 0 Å². The number of H-pyrrole nitrogens is 3. The molecule has 5 aromatic rings. The number of Topliss-reactive ketones (excluding diaryl/α,β-unsaturated/α-hetero) is 1. The zero-order valence-electron chi connectivity index (χ0n) is 34.4. The summed E-state index contributed by atoms with van der Waals surface area (Å²) in [6, 6.07) is 8.47. The summed E-state index contributed by atoms with van der Waals surface area (Å²) in [7, 11) is 1.56. The first-order chi connectivity index (χ1) is 29.3. The number of nitrogens with two attached hydrogens (primary N) is 1. The molecule has 0 radical (unpaired) electrons. The second-order valence-corrected chi connectivity index (χ2v) is 13.9. The van der Waals surface area contributed by atoms with Crippen molar-refractivity contribution in [2.24, 2.45) is 4.99 Å². The van der Waals surface area contributed by atoms with E-state index >= 15 is 0 Å². The average Bonchev–Trinajstić information content (AvgIpc) is 3.99. The minimum Gasteiger partial charge on any atom is -0.548 e. The Bertz CT molecular complexity index is 2630. The number of benzene rings is 1. The molecule has 6 rings (SSSR count). The molecule has 1 aliphatic rings. The van der Waals surface area contributed by atoms with Gasteiger partial charge in [-0.25, -0.2) is 15.0 Å². The van der Waals surface area contributed by atoms with E-state index in [9.17, 15) is 33.9 Å². The number of amides is 3. The van der Waals surface area contributed by atoms with Crippen LogP contribution >= 0.6 is 0 Å². The quantitative estimate of drug-likeness (QED) is 0.0256. The molecule has 0 saturated heterocycles. The van der Waals surface area contributed by atoms with E-state index in [1.165, 1.54) is 18.3 Å². The van der Waals surface area contributed by atoms with Crippen LogP contribution in [0, 0.1) is 13.8 Å². The summed E-state index contributed by atoms with van der Waals surface area (Å²) >= 11 is 0. The van der Waals surface area contributed by atoms with Gasteiger partial charge in [0.25, 0.3) is 11.5 Å². The standard InChI is InChI=1S/C41H44N12O8.Na/c1-21-28(17-30-32(61-3)18-29(50-30)26-5-4-14-43-26)48-22(2)35(21)31(54)11-13-34(56)45-16-15-44-33(55)12-10-27(40(59)60)51-38(57)23-6-8-24(9-7-23)46-19-25-20-47-37-36(49-25)39(58)53-41(42)52-37;/h4-9,14,17-18,20,27,43,46,48H,10-13,15-16,19H2,1-3H3,(H,44,55)(H,45,56)(H,51,57)(H,59,60)(H3,42,47,52,53,58);/q;+1/p-1/b30-17-;/t27-;/m0./s1. The van der Waals surface area contributed by atoms with Crippen LogP contribution in [0.3, 0.4) is 0 Å². The number of aliphatic imine (C=N–C) groups is 1. The van der Waals surface area contributed by atoms with Crippen molar-refractivity contribution < 1.29 is 63.4 Å². The number of aromatic nitrogens is 6. The minimum atomic E-state index is -1.56. The molecule has 3 amide bonds. The van der Waals surface area contributed by atoms with Gasteiger partial charge in [-0.3, -0.25) is 29.0 Å². The average molecular weight is 855 g/mol. The van der Waals surface area contributed by atoms with E-state index < -0.39 is 29.4 Å². The molecular weight excluding hydrogens is 812 g/mol. The molecule has 0 bridgehead atoms. The third kappa shape index (κ3) is 11.7. The molecule has 62 heavy (non-hydrogen) atoms. The van der Waals surface area contributed by atoms with Crippen molar-refractivity contribution in [2.75, 3.05) is 31.2 Å². The van der Waals surface area contributed by atoms with Gasteiger partial charge in [0.15, 0.2) is 16.9 Å². The molecule has 0 spiro atoms. The number of allylic oxidation sites excluding steroid dienone is 1. The summed E-state index contributed by atoms with van der Waals surface area (Å²) in [5.74, 6) is -2.82. The molecule has 0 unspecified atom stereocenters. The second-order valence-electron chi connectivity index (χ2n) is 13.9. The van der Waals surface area contributed by atoms with Crippen molar-refractivity contribution in [3.8, 4) is 0 Å². The maximum Gasteiger partial charge on any atom is 1.00 e. The maximum atomic E-state index is 13.2. The Morgan fingerprint density at radius 2 is 1.69 bits per heavy atom. The molecule has 1 atom stereocenters. The van der Waals surface area contributed by atoms with Crippen LogP contribution in [-0.4, -0.2) is 91.3 Å². The summed E-state index contributed by atoms with van der Waals surface area (Å²) in [6.07, 6.45) is 6.30. The summed E-state index contributed by atoms with van der Waals surface area (Å²) in [5, 5.41) is 22.5. The van der Waals surface area contributed by atoms with Crippen molar-refractivity contribution in [2.45, 2.75) is 52.1 Å². The van der Waals surface area contributed by atoms with E-state index in [4.69, 9.17) is 10.5 Å². The van der Waals surface area contributed by atoms with Gasteiger partial charge >= 0.3 is 29.6 Å². The molecule has 1 aliphatic heterocycles. The van der Waals surface area contributed by atoms with Gasteiger partial charge in [0.2, 0.25) is 17.8 Å². The fourth-order valence-electron chi connectivity index (χ4n) is 6.47. The number of ether oxygens (including phenoxy) is 1. The summed E-state index contributed by atoms with van der Waals surface area (Å²) in [6.45, 7) is 3.93. The molecule has 5 heterocycles. The van der Waals surface area contributed by atoms with Crippen LogP contribution in [0.2, 0.25) is 0 Å². The number of methoxy groups -OCH3 is 1. The Morgan fingerprint density at radius 1 is 0.968 bits per heavy atom. The monoisotopic (exact) mass is 854 g/mol. The van der Waals surface area contributed by atoms with Crippen molar-refractivity contribution in [1.82, 2.24) is 45.9 Å². The number of carbonyl (C=O) groups excluding carboxylic acids is 5. The van der Waals surface area contributed by atoms with Gasteiger partial charge in [-0.2, -0.15) is 4.98 Å². The van der Waals surface area contributed by atoms with Crippen LogP contribution in [0.4, 0.5) is 11.6 Å². The zero-order valence-corrected chi connectivity index (χ0v) is 36.4. The van der Waals surface area contributed by atoms with Gasteiger partial charge in [0.1, 0.15) is 11.5 Å². The van der Waals surface area contributed by atoms with Crippen LogP contribution < -0.4 is 67.2 Å². The molecule has 21 heteroatoms. The van der Waals surface area contributed by atoms with Gasteiger partial charge < -0.3 is 51.6 Å². The largest absolute Gasteiger partial charge is 1.00 e. The van der Waals surface area contributed by atoms with Crippen LogP contribution in [0.15, 0.2) is 76.1 Å². The second kappa shape index (κ2) is 21.1. The van der Waals surface area contributed by atoms with Gasteiger partial charge in [-0.15, -0.1) is 0 Å². The first-order valence-electron chi connectivity index (χ1n) is 19.1. The van der Waals surface area contributed by atoms with Crippen molar-refractivity contribution in [3.05, 3.63) is 116 Å². The first kappa shape index (κ1) is 46.2. The number of aliphatic carboxylic acids is 1. The number of hydrogen-bond donors (Lipinski definition) is 8. The van der Waals surface area contributed by atoms with Crippen molar-refractivity contribution in [1.29, 1.82) is 0 Å². The third-order valence-corrected chi connectivity index (χ3v) is 9.60. The third-order valence-electron chi connectivity index (χ3n) is 9.60. The Kier molecular flexibility index (Phi) is 15.7. The number of anilines is 2. The molecule has 20 nitrogen and oxygen atoms in total. The Labute approximate surface area is 376 Å². The van der Waals surface area contributed by atoms with Crippen LogP contribution in [0.25, 0.3) is 17.2 Å². The number of ketones is 1. The molecular formula is C41H43N12NaO8. The van der Waals surface area contributed by atoms with E-state index in [0.29, 0.717) is 39.8 Å². The predicted octanol–water partition coefficient (Wildman–Crippen LogP) is -1.92. The fourth-order valence-corrected chi connectivity index (χ4v) is 6.47. The smallest absolute Gasteiger partial charge is 0.548 e. The SMILES string of the molecule is COC1=CC(c2ccc[nH]2)=N/C1=C\c1[nH]c(C)c(C(=O)CCC(=O)NCCNC(=O)CC[C@H](NC(=O)c2ccc(NCc3cnc4nc(N)[nH]c(=O)c4n3)cc2)C(=O)[O-])c1C.[Na+]. The number of hydrogen-bond acceptors (Lipinski definition) is 14. The topological polar surface area (TPSA) is 307 Å². The van der Waals surface area contributed by atoms with Crippen LogP contribution in [0.5, 0.6) is 0 Å². The number of aryl methyl sites for hydroxylation is 1. The summed E-state index contributed by atoms with van der Waals surface area (Å²) < 4.78 is 5.52. The van der Waals surface area contributed by atoms with E-state index in [0.717, 1.165) is 17.0 Å². The fraction of sp³-hybridized carbons (Fsp3) is 0.268. The summed E-state index contributed by atoms with van der Waals surface area (Å²) in [5.41, 5.74) is 11.1. The van der Waals surface area contributed by atoms with Crippen molar-refractivity contribution in [3.63, 3.8) is 0 Å². The number of nitrogens with one attached hydrogen (secondary N) is 7. The van der Waals surface area contributed by atoms with E-state index in [1.54, 1.807) is 32.4 Å². The molecule has 0 saturated carbocycles. The number of carboxylic acid groups (broad SMARTS) is 1. The van der Waals surface area contributed by atoms with E-state index in [1.807, 2.05) is 31.2 Å². The molecule has 316 valence electrons. The Balaban J connectivity index is 0.00000726. The summed E-state index contributed by atoms with van der Waals surface area (Å²) in [4.78, 5) is 101. The minimum absolute atomic E-state index is 0. The van der Waals surface area contributed by atoms with Crippen LogP contribution in [0.1, 0.15) is 74.7 Å². The normalized spacial score (nSPS) is 13.1. The number of fused-ring (bicyclic) bond motifs is 1. The van der Waals surface area contributed by atoms with E-state index in [2.05, 4.69) is 56.2 Å². The van der Waals surface area contributed by atoms with Gasteiger partial charge in [-0.05, 0) is 68.3 Å². The molecule has 4 aromatic heterocycles. The molecule has 9 N–H and O–H groups in total. The Hall–Kier alpha value is -6.90. The van der Waals surface area contributed by atoms with Crippen molar-refractivity contribution >= 4 is 64.1 Å². The molecule has 1 aromatic carbocycles. The number of aromatic amines is 3. The van der Waals surface area contributed by atoms with Gasteiger partial charge in [0.05, 0.1) is 49.0 Å². The maximum absolute atomic E-state index is 13.2. The number of carboxylic acids is 1. The van der Waals surface area contributed by atoms with Gasteiger partial charge in [0, 0.05) is 72.8 Å². The number of nitrogens with zero attached hydrogens (tertiary/aromatic N) is 4. The van der Waals surface area contributed by atoms with Crippen LogP contribution in [-0.2, 0) is 25.7 Å². The number of rotatable bonds is 19. The Morgan fingerprint density at radius 3 is 2.37 bits per heavy atom. The number of nitrogen functional groups attached to an aromatic ring is 1. The van der Waals surface area contributed by atoms with E-state index in [-0.39, 0.29) is 109 Å².